The van der Waals surface area contributed by atoms with E-state index in [0.29, 0.717) is 23.4 Å². The van der Waals surface area contributed by atoms with E-state index < -0.39 is 33.9 Å². The molecule has 156 valence electrons. The number of hydrogen-bond acceptors (Lipinski definition) is 6. The Hall–Kier alpha value is -2.68. The van der Waals surface area contributed by atoms with Crippen LogP contribution in [-0.2, 0) is 19.4 Å². The van der Waals surface area contributed by atoms with Crippen LogP contribution in [0.3, 0.4) is 0 Å². The molecule has 2 aromatic rings. The Morgan fingerprint density at radius 3 is 2.48 bits per heavy atom. The maximum Gasteiger partial charge on any atom is 0.342 e. The van der Waals surface area contributed by atoms with E-state index in [1.54, 1.807) is 25.6 Å². The number of carbonyl (C=O) groups is 2. The molecule has 0 saturated carbocycles. The summed E-state index contributed by atoms with van der Waals surface area (Å²) < 4.78 is 30.4. The zero-order valence-electron chi connectivity index (χ0n) is 17.0. The first-order chi connectivity index (χ1) is 13.6. The minimum atomic E-state index is -3.11. The molecule has 0 spiro atoms. The molecule has 1 amide bonds. The second-order valence-electron chi connectivity index (χ2n) is 7.35. The van der Waals surface area contributed by atoms with E-state index in [0.717, 1.165) is 5.69 Å². The normalized spacial score (nSPS) is 19.0. The van der Waals surface area contributed by atoms with Gasteiger partial charge in [0, 0.05) is 13.1 Å². The monoisotopic (exact) mass is 419 g/mol. The van der Waals surface area contributed by atoms with Crippen molar-refractivity contribution in [3.8, 4) is 5.69 Å². The van der Waals surface area contributed by atoms with Crippen LogP contribution in [0.25, 0.3) is 5.69 Å². The van der Waals surface area contributed by atoms with Gasteiger partial charge in [-0.2, -0.15) is 5.10 Å². The number of hydrogen-bond donors (Lipinski definition) is 0. The molecule has 2 heterocycles. The zero-order chi connectivity index (χ0) is 21.3. The molecule has 1 aromatic heterocycles. The van der Waals surface area contributed by atoms with Crippen LogP contribution < -0.4 is 0 Å². The van der Waals surface area contributed by atoms with Gasteiger partial charge in [-0.1, -0.05) is 18.2 Å². The van der Waals surface area contributed by atoms with Gasteiger partial charge in [-0.05, 0) is 39.3 Å². The van der Waals surface area contributed by atoms with Gasteiger partial charge < -0.3 is 9.64 Å². The molecular formula is C20H25N3O5S. The van der Waals surface area contributed by atoms with E-state index in [1.165, 1.54) is 11.8 Å². The van der Waals surface area contributed by atoms with Crippen molar-refractivity contribution < 1.29 is 22.7 Å². The molecule has 1 fully saturated rings. The van der Waals surface area contributed by atoms with Crippen molar-refractivity contribution in [1.29, 1.82) is 0 Å². The van der Waals surface area contributed by atoms with Crippen molar-refractivity contribution in [3.63, 3.8) is 0 Å². The molecular weight excluding hydrogens is 394 g/mol. The number of carbonyl (C=O) groups excluding carboxylic acids is 2. The van der Waals surface area contributed by atoms with Gasteiger partial charge in [0.15, 0.2) is 15.9 Å². The Kier molecular flexibility index (Phi) is 5.79. The number of para-hydroxylation sites is 1. The summed E-state index contributed by atoms with van der Waals surface area (Å²) in [6, 6.07) is 9.02. The average molecular weight is 420 g/mol. The molecule has 1 saturated heterocycles. The minimum absolute atomic E-state index is 0.0576. The molecule has 2 atom stereocenters. The molecule has 0 N–H and O–H groups in total. The van der Waals surface area contributed by atoms with Gasteiger partial charge in [0.2, 0.25) is 0 Å². The number of amides is 1. The summed E-state index contributed by atoms with van der Waals surface area (Å²) in [6.45, 7) is 4.98. The second kappa shape index (κ2) is 7.98. The molecule has 0 radical (unpaired) electrons. The summed E-state index contributed by atoms with van der Waals surface area (Å²) >= 11 is 0. The first-order valence-corrected chi connectivity index (χ1v) is 11.2. The topological polar surface area (TPSA) is 98.6 Å². The number of aryl methyl sites for hydroxylation is 1. The summed E-state index contributed by atoms with van der Waals surface area (Å²) in [5.41, 5.74) is 2.26. The zero-order valence-corrected chi connectivity index (χ0v) is 17.8. The second-order valence-corrected chi connectivity index (χ2v) is 9.58. The predicted molar refractivity (Wildman–Crippen MR) is 108 cm³/mol. The van der Waals surface area contributed by atoms with Crippen LogP contribution in [-0.4, -0.2) is 65.7 Å². The molecule has 29 heavy (non-hydrogen) atoms. The molecule has 9 heteroatoms. The third-order valence-corrected chi connectivity index (χ3v) is 6.98. The van der Waals surface area contributed by atoms with Crippen molar-refractivity contribution in [1.82, 2.24) is 14.7 Å². The third kappa shape index (κ3) is 4.34. The lowest BCUT2D eigenvalue weighted by atomic mass is 10.2. The quantitative estimate of drug-likeness (QED) is 0.684. The number of ether oxygens (including phenoxy) is 1. The molecule has 8 nitrogen and oxygen atoms in total. The Morgan fingerprint density at radius 1 is 1.24 bits per heavy atom. The molecule has 0 unspecified atom stereocenters. The maximum atomic E-state index is 12.8. The van der Waals surface area contributed by atoms with E-state index in [4.69, 9.17) is 4.74 Å². The lowest BCUT2D eigenvalue weighted by molar-refractivity contribution is -0.140. The smallest absolute Gasteiger partial charge is 0.342 e. The fourth-order valence-electron chi connectivity index (χ4n) is 3.58. The first-order valence-electron chi connectivity index (χ1n) is 9.40. The summed E-state index contributed by atoms with van der Waals surface area (Å²) in [6.07, 6.45) is -0.637. The van der Waals surface area contributed by atoms with Gasteiger partial charge in [-0.15, -0.1) is 0 Å². The molecule has 3 rings (SSSR count). The van der Waals surface area contributed by atoms with Crippen LogP contribution in [0.5, 0.6) is 0 Å². The van der Waals surface area contributed by atoms with Crippen LogP contribution in [0, 0.1) is 13.8 Å². The number of aromatic nitrogens is 2. The Morgan fingerprint density at radius 2 is 1.90 bits per heavy atom. The average Bonchev–Trinajstić information content (AvgIpc) is 3.19. The Bertz CT molecular complexity index is 1030. The van der Waals surface area contributed by atoms with Gasteiger partial charge in [0.25, 0.3) is 5.91 Å². The van der Waals surface area contributed by atoms with Crippen molar-refractivity contribution in [2.75, 3.05) is 18.6 Å². The molecule has 1 aliphatic heterocycles. The standard InChI is InChI=1S/C20H25N3O5S/c1-13-18(14(2)23(21-13)16-8-6-5-7-9-16)20(25)28-15(3)19(24)22(4)17-10-11-29(26,27)12-17/h5-9,15,17H,10-12H2,1-4H3/t15-,17-/m1/s1. The molecule has 1 aliphatic rings. The number of rotatable bonds is 5. The summed E-state index contributed by atoms with van der Waals surface area (Å²) in [4.78, 5) is 26.8. The van der Waals surface area contributed by atoms with Crippen LogP contribution in [0.15, 0.2) is 30.3 Å². The maximum absolute atomic E-state index is 12.8. The van der Waals surface area contributed by atoms with Gasteiger partial charge in [0.1, 0.15) is 5.56 Å². The van der Waals surface area contributed by atoms with Crippen molar-refractivity contribution in [3.05, 3.63) is 47.3 Å². The van der Waals surface area contributed by atoms with E-state index in [2.05, 4.69) is 5.10 Å². The number of benzene rings is 1. The highest BCUT2D eigenvalue weighted by atomic mass is 32.2. The minimum Gasteiger partial charge on any atom is -0.449 e. The van der Waals surface area contributed by atoms with Gasteiger partial charge in [-0.3, -0.25) is 4.79 Å². The van der Waals surface area contributed by atoms with Crippen LogP contribution in [0.4, 0.5) is 0 Å². The SMILES string of the molecule is Cc1nn(-c2ccccc2)c(C)c1C(=O)O[C@H](C)C(=O)N(C)[C@@H]1CCS(=O)(=O)C1. The number of esters is 1. The number of likely N-dealkylation sites (N-methyl/N-ethyl adjacent to an activating group) is 1. The summed E-state index contributed by atoms with van der Waals surface area (Å²) in [5, 5.41) is 4.42. The number of sulfone groups is 1. The van der Waals surface area contributed by atoms with E-state index in [1.807, 2.05) is 30.3 Å². The third-order valence-electron chi connectivity index (χ3n) is 5.23. The summed E-state index contributed by atoms with van der Waals surface area (Å²) in [5.74, 6) is -1.04. The fourth-order valence-corrected chi connectivity index (χ4v) is 5.35. The Labute approximate surface area is 170 Å². The van der Waals surface area contributed by atoms with E-state index in [9.17, 15) is 18.0 Å². The lowest BCUT2D eigenvalue weighted by Crippen LogP contribution is -2.44. The van der Waals surface area contributed by atoms with Crippen molar-refractivity contribution in [2.45, 2.75) is 39.3 Å². The van der Waals surface area contributed by atoms with E-state index in [-0.39, 0.29) is 11.5 Å². The lowest BCUT2D eigenvalue weighted by Gasteiger charge is -2.26. The number of nitrogens with zero attached hydrogens (tertiary/aromatic N) is 3. The van der Waals surface area contributed by atoms with Crippen LogP contribution >= 0.6 is 0 Å². The highest BCUT2D eigenvalue weighted by Gasteiger charge is 2.35. The molecule has 0 aliphatic carbocycles. The van der Waals surface area contributed by atoms with Crippen LogP contribution in [0.2, 0.25) is 0 Å². The van der Waals surface area contributed by atoms with Gasteiger partial charge >= 0.3 is 5.97 Å². The van der Waals surface area contributed by atoms with Crippen molar-refractivity contribution in [2.24, 2.45) is 0 Å². The highest BCUT2D eigenvalue weighted by Crippen LogP contribution is 2.21. The Balaban J connectivity index is 1.73. The van der Waals surface area contributed by atoms with E-state index >= 15 is 0 Å². The molecule has 0 bridgehead atoms. The van der Waals surface area contributed by atoms with Gasteiger partial charge in [-0.25, -0.2) is 17.9 Å². The van der Waals surface area contributed by atoms with Crippen molar-refractivity contribution >= 4 is 21.7 Å². The van der Waals surface area contributed by atoms with Gasteiger partial charge in [0.05, 0.1) is 28.6 Å². The predicted octanol–water partition coefficient (Wildman–Crippen LogP) is 1.68. The van der Waals surface area contributed by atoms with Crippen LogP contribution in [0.1, 0.15) is 35.1 Å². The first kappa shape index (κ1) is 21.0. The molecule has 1 aromatic carbocycles. The summed E-state index contributed by atoms with van der Waals surface area (Å²) in [7, 11) is -1.57. The fraction of sp³-hybridized carbons (Fsp3) is 0.450. The highest BCUT2D eigenvalue weighted by molar-refractivity contribution is 7.91. The largest absolute Gasteiger partial charge is 0.449 e.